The Morgan fingerprint density at radius 1 is 1.19 bits per heavy atom. The van der Waals surface area contributed by atoms with Crippen LogP contribution in [0.15, 0.2) is 57.0 Å². The normalized spacial score (nSPS) is 10.7. The molecule has 2 aromatic carbocycles. The molecule has 1 amide bonds. The Hall–Kier alpha value is -2.63. The number of nitrogens with zero attached hydrogens (tertiary/aromatic N) is 1. The van der Waals surface area contributed by atoms with Gasteiger partial charge in [-0.2, -0.15) is 5.26 Å². The molecule has 0 bridgehead atoms. The largest absolute Gasteiger partial charge is 0.481 e. The van der Waals surface area contributed by atoms with Crippen LogP contribution < -0.4 is 10.1 Å². The number of nitrogens with one attached hydrogen (secondary N) is 1. The van der Waals surface area contributed by atoms with Gasteiger partial charge in [0.1, 0.15) is 17.4 Å². The predicted octanol–water partition coefficient (Wildman–Crippen LogP) is 4.31. The molecule has 2 aromatic rings. The molecule has 0 heterocycles. The highest BCUT2D eigenvalue weighted by Crippen LogP contribution is 2.26. The fraction of sp³-hybridized carbons (Fsp3) is 0.105. The number of halogens is 2. The van der Waals surface area contributed by atoms with Gasteiger partial charge in [-0.05, 0) is 42.5 Å². The van der Waals surface area contributed by atoms with Crippen molar-refractivity contribution in [2.75, 3.05) is 19.0 Å². The van der Waals surface area contributed by atoms with Crippen molar-refractivity contribution in [2.45, 2.75) is 0 Å². The van der Waals surface area contributed by atoms with Gasteiger partial charge in [0.25, 0.3) is 5.91 Å². The number of amides is 1. The molecule has 6 nitrogen and oxygen atoms in total. The van der Waals surface area contributed by atoms with Gasteiger partial charge >= 0.3 is 5.97 Å². The summed E-state index contributed by atoms with van der Waals surface area (Å²) in [6.07, 6.45) is 1.39. The van der Waals surface area contributed by atoms with Gasteiger partial charge in [0, 0.05) is 20.2 Å². The number of methoxy groups -OCH3 is 1. The molecule has 0 aromatic heterocycles. The van der Waals surface area contributed by atoms with Crippen LogP contribution in [0.3, 0.4) is 0 Å². The minimum atomic E-state index is -0.561. The summed E-state index contributed by atoms with van der Waals surface area (Å²) < 4.78 is 11.5. The van der Waals surface area contributed by atoms with Crippen molar-refractivity contribution < 1.29 is 19.1 Å². The molecule has 1 N–H and O–H groups in total. The number of esters is 1. The van der Waals surface area contributed by atoms with Gasteiger partial charge in [0.15, 0.2) is 6.61 Å². The molecule has 138 valence electrons. The topological polar surface area (TPSA) is 88.4 Å². The van der Waals surface area contributed by atoms with Crippen LogP contribution in [-0.4, -0.2) is 25.6 Å². The fourth-order valence-electron chi connectivity index (χ4n) is 2.03. The molecule has 27 heavy (non-hydrogen) atoms. The second-order valence-electron chi connectivity index (χ2n) is 5.18. The summed E-state index contributed by atoms with van der Waals surface area (Å²) in [6.45, 7) is -0.287. The van der Waals surface area contributed by atoms with Crippen LogP contribution >= 0.6 is 31.9 Å². The Kier molecular flexibility index (Phi) is 7.58. The zero-order chi connectivity index (χ0) is 19.8. The second kappa shape index (κ2) is 9.90. The summed E-state index contributed by atoms with van der Waals surface area (Å²) >= 11 is 6.66. The van der Waals surface area contributed by atoms with E-state index in [2.05, 4.69) is 41.9 Å². The number of carbonyl (C=O) groups is 2. The van der Waals surface area contributed by atoms with Crippen molar-refractivity contribution in [3.8, 4) is 11.8 Å². The first-order valence-electron chi connectivity index (χ1n) is 7.61. The van der Waals surface area contributed by atoms with Crippen LogP contribution in [0, 0.1) is 11.3 Å². The Balaban J connectivity index is 2.27. The maximum atomic E-state index is 12.4. The highest BCUT2D eigenvalue weighted by molar-refractivity contribution is 9.10. The first-order valence-corrected chi connectivity index (χ1v) is 9.19. The number of hydrogen-bond donors (Lipinski definition) is 1. The molecule has 0 aliphatic rings. The first-order chi connectivity index (χ1) is 12.9. The van der Waals surface area contributed by atoms with Crippen molar-refractivity contribution in [3.63, 3.8) is 0 Å². The van der Waals surface area contributed by atoms with Gasteiger partial charge in [0.05, 0.1) is 7.11 Å². The van der Waals surface area contributed by atoms with E-state index in [1.165, 1.54) is 13.2 Å². The summed E-state index contributed by atoms with van der Waals surface area (Å²) in [5.74, 6) is -0.762. The van der Waals surface area contributed by atoms with Crippen molar-refractivity contribution in [1.82, 2.24) is 0 Å². The lowest BCUT2D eigenvalue weighted by atomic mass is 10.1. The molecule has 0 aliphatic carbocycles. The lowest BCUT2D eigenvalue weighted by Crippen LogP contribution is -2.14. The lowest BCUT2D eigenvalue weighted by Gasteiger charge is -2.10. The molecule has 8 heteroatoms. The van der Waals surface area contributed by atoms with Crippen molar-refractivity contribution in [3.05, 3.63) is 62.5 Å². The minimum Gasteiger partial charge on any atom is -0.481 e. The average Bonchev–Trinajstić information content (AvgIpc) is 2.64. The Labute approximate surface area is 173 Å². The van der Waals surface area contributed by atoms with Crippen LogP contribution in [0.4, 0.5) is 5.69 Å². The molecule has 0 unspecified atom stereocenters. The van der Waals surface area contributed by atoms with E-state index in [0.29, 0.717) is 17.0 Å². The zero-order valence-electron chi connectivity index (χ0n) is 14.2. The molecule has 0 saturated carbocycles. The van der Waals surface area contributed by atoms with Crippen molar-refractivity contribution in [1.29, 1.82) is 5.26 Å². The highest BCUT2D eigenvalue weighted by atomic mass is 79.9. The lowest BCUT2D eigenvalue weighted by molar-refractivity contribution is -0.142. The van der Waals surface area contributed by atoms with Gasteiger partial charge < -0.3 is 14.8 Å². The quantitative estimate of drug-likeness (QED) is 0.368. The predicted molar refractivity (Wildman–Crippen MR) is 108 cm³/mol. The maximum absolute atomic E-state index is 12.4. The van der Waals surface area contributed by atoms with Gasteiger partial charge in [-0.1, -0.05) is 37.9 Å². The van der Waals surface area contributed by atoms with E-state index in [1.807, 2.05) is 12.1 Å². The summed E-state index contributed by atoms with van der Waals surface area (Å²) in [4.78, 5) is 23.7. The number of hydrogen-bond acceptors (Lipinski definition) is 5. The Morgan fingerprint density at radius 3 is 2.59 bits per heavy atom. The van der Waals surface area contributed by atoms with E-state index in [-0.39, 0.29) is 12.2 Å². The molecule has 0 saturated heterocycles. The summed E-state index contributed by atoms with van der Waals surface area (Å²) in [6, 6.07) is 13.9. The Morgan fingerprint density at radius 2 is 1.93 bits per heavy atom. The van der Waals surface area contributed by atoms with Crippen LogP contribution in [0.5, 0.6) is 5.75 Å². The molecule has 0 radical (unpaired) electrons. The number of rotatable bonds is 6. The molecule has 0 spiro atoms. The third-order valence-corrected chi connectivity index (χ3v) is 4.28. The van der Waals surface area contributed by atoms with E-state index in [0.717, 1.165) is 8.95 Å². The Bertz CT molecular complexity index is 936. The van der Waals surface area contributed by atoms with Gasteiger partial charge in [-0.25, -0.2) is 4.79 Å². The number of anilines is 1. The zero-order valence-corrected chi connectivity index (χ0v) is 17.3. The van der Waals surface area contributed by atoms with Gasteiger partial charge in [-0.3, -0.25) is 4.79 Å². The third-order valence-electron chi connectivity index (χ3n) is 3.29. The minimum absolute atomic E-state index is 0.115. The van der Waals surface area contributed by atoms with Crippen molar-refractivity contribution in [2.24, 2.45) is 0 Å². The van der Waals surface area contributed by atoms with Gasteiger partial charge in [0.2, 0.25) is 0 Å². The molecule has 0 aliphatic heterocycles. The molecule has 2 rings (SSSR count). The second-order valence-corrected chi connectivity index (χ2v) is 7.01. The third kappa shape index (κ3) is 6.24. The SMILES string of the molecule is COC(=O)COc1ccc(Br)cc1/C=C(/C#N)C(=O)Nc1cccc(Br)c1. The standard InChI is InChI=1S/C19H14Br2N2O4/c1-26-18(24)11-27-17-6-5-15(21)8-12(17)7-13(10-22)19(25)23-16-4-2-3-14(20)9-16/h2-9H,11H2,1H3,(H,23,25)/b13-7-. The van der Waals surface area contributed by atoms with Crippen LogP contribution in [-0.2, 0) is 14.3 Å². The summed E-state index contributed by atoms with van der Waals surface area (Å²) in [5.41, 5.74) is 0.900. The highest BCUT2D eigenvalue weighted by Gasteiger charge is 2.13. The molecular formula is C19H14Br2N2O4. The average molecular weight is 494 g/mol. The van der Waals surface area contributed by atoms with E-state index >= 15 is 0 Å². The number of carbonyl (C=O) groups excluding carboxylic acids is 2. The summed E-state index contributed by atoms with van der Waals surface area (Å²) in [7, 11) is 1.26. The van der Waals surface area contributed by atoms with Gasteiger partial charge in [-0.15, -0.1) is 0 Å². The van der Waals surface area contributed by atoms with Crippen LogP contribution in [0.1, 0.15) is 5.56 Å². The molecular weight excluding hydrogens is 480 g/mol. The monoisotopic (exact) mass is 492 g/mol. The van der Waals surface area contributed by atoms with Crippen LogP contribution in [0.2, 0.25) is 0 Å². The molecule has 0 atom stereocenters. The number of nitriles is 1. The maximum Gasteiger partial charge on any atom is 0.343 e. The summed E-state index contributed by atoms with van der Waals surface area (Å²) in [5, 5.41) is 12.1. The first kappa shape index (κ1) is 20.7. The van der Waals surface area contributed by atoms with Crippen LogP contribution in [0.25, 0.3) is 6.08 Å². The number of ether oxygens (including phenoxy) is 2. The smallest absolute Gasteiger partial charge is 0.343 e. The van der Waals surface area contributed by atoms with E-state index in [9.17, 15) is 14.9 Å². The van der Waals surface area contributed by atoms with E-state index in [4.69, 9.17) is 4.74 Å². The number of benzene rings is 2. The van der Waals surface area contributed by atoms with E-state index in [1.54, 1.807) is 36.4 Å². The molecule has 0 fully saturated rings. The fourth-order valence-corrected chi connectivity index (χ4v) is 2.81. The van der Waals surface area contributed by atoms with Crippen molar-refractivity contribution >= 4 is 55.5 Å². The van der Waals surface area contributed by atoms with E-state index < -0.39 is 11.9 Å².